The van der Waals surface area contributed by atoms with Crippen molar-refractivity contribution >= 4 is 17.4 Å². The van der Waals surface area contributed by atoms with Gasteiger partial charge in [0.05, 0.1) is 6.54 Å². The van der Waals surface area contributed by atoms with Gasteiger partial charge >= 0.3 is 0 Å². The normalized spacial score (nSPS) is 11.0. The first-order valence-corrected chi connectivity index (χ1v) is 9.68. The molecule has 1 amide bonds. The third-order valence-corrected chi connectivity index (χ3v) is 5.27. The summed E-state index contributed by atoms with van der Waals surface area (Å²) in [4.78, 5) is 26.6. The van der Waals surface area contributed by atoms with Gasteiger partial charge in [0, 0.05) is 17.8 Å². The molecule has 28 heavy (non-hydrogen) atoms. The van der Waals surface area contributed by atoms with Gasteiger partial charge in [-0.3, -0.25) is 14.5 Å². The molecule has 0 aliphatic heterocycles. The van der Waals surface area contributed by atoms with Gasteiger partial charge in [-0.1, -0.05) is 23.8 Å². The molecule has 0 aromatic heterocycles. The van der Waals surface area contributed by atoms with Gasteiger partial charge in [-0.25, -0.2) is 0 Å². The lowest BCUT2D eigenvalue weighted by molar-refractivity contribution is -0.117. The molecule has 4 nitrogen and oxygen atoms in total. The van der Waals surface area contributed by atoms with Gasteiger partial charge in [-0.05, 0) is 88.9 Å². The molecule has 0 radical (unpaired) electrons. The molecular formula is C24H32N2O2. The first-order chi connectivity index (χ1) is 13.0. The van der Waals surface area contributed by atoms with Crippen molar-refractivity contribution in [2.45, 2.75) is 55.0 Å². The van der Waals surface area contributed by atoms with E-state index in [4.69, 9.17) is 0 Å². The minimum atomic E-state index is -0.0354. The Kier molecular flexibility index (Phi) is 6.78. The maximum Gasteiger partial charge on any atom is 0.238 e. The average Bonchev–Trinajstić information content (AvgIpc) is 2.54. The topological polar surface area (TPSA) is 49.4 Å². The molecule has 4 heteroatoms. The highest BCUT2D eigenvalue weighted by atomic mass is 16.2. The average molecular weight is 381 g/mol. The highest BCUT2D eigenvalue weighted by Gasteiger charge is 2.17. The van der Waals surface area contributed by atoms with E-state index in [1.54, 1.807) is 6.92 Å². The summed E-state index contributed by atoms with van der Waals surface area (Å²) in [5.74, 6) is 0.0497. The summed E-state index contributed by atoms with van der Waals surface area (Å²) in [5.41, 5.74) is 9.33. The Labute approximate surface area is 169 Å². The van der Waals surface area contributed by atoms with Gasteiger partial charge in [0.15, 0.2) is 5.78 Å². The lowest BCUT2D eigenvalue weighted by Gasteiger charge is -2.22. The van der Waals surface area contributed by atoms with Crippen LogP contribution in [0.2, 0.25) is 0 Å². The van der Waals surface area contributed by atoms with Crippen molar-refractivity contribution in [2.24, 2.45) is 0 Å². The zero-order valence-electron chi connectivity index (χ0n) is 18.4. The zero-order valence-corrected chi connectivity index (χ0v) is 18.4. The van der Waals surface area contributed by atoms with Crippen LogP contribution >= 0.6 is 0 Å². The van der Waals surface area contributed by atoms with Crippen LogP contribution in [0, 0.1) is 41.5 Å². The summed E-state index contributed by atoms with van der Waals surface area (Å²) >= 11 is 0. The number of nitrogens with zero attached hydrogens (tertiary/aromatic N) is 1. The van der Waals surface area contributed by atoms with Crippen molar-refractivity contribution in [2.75, 3.05) is 18.9 Å². The first kappa shape index (κ1) is 21.8. The Bertz CT molecular complexity index is 906. The number of carbonyl (C=O) groups excluding carboxylic acids is 2. The van der Waals surface area contributed by atoms with E-state index in [0.29, 0.717) is 6.54 Å². The van der Waals surface area contributed by atoms with E-state index in [9.17, 15) is 9.59 Å². The number of aryl methyl sites for hydroxylation is 5. The lowest BCUT2D eigenvalue weighted by atomic mass is 9.91. The number of likely N-dealkylation sites (N-methyl/N-ethyl adjacent to an activating group) is 1. The Morgan fingerprint density at radius 2 is 1.46 bits per heavy atom. The van der Waals surface area contributed by atoms with Gasteiger partial charge in [0.1, 0.15) is 0 Å². The summed E-state index contributed by atoms with van der Waals surface area (Å²) in [6.45, 7) is 14.6. The second-order valence-electron chi connectivity index (χ2n) is 8.04. The Morgan fingerprint density at radius 3 is 2.00 bits per heavy atom. The van der Waals surface area contributed by atoms with Crippen LogP contribution in [0.15, 0.2) is 18.2 Å². The Balaban J connectivity index is 2.15. The van der Waals surface area contributed by atoms with Crippen LogP contribution in [-0.2, 0) is 11.3 Å². The van der Waals surface area contributed by atoms with Gasteiger partial charge in [-0.15, -0.1) is 0 Å². The molecule has 2 aromatic carbocycles. The Morgan fingerprint density at radius 1 is 0.893 bits per heavy atom. The first-order valence-electron chi connectivity index (χ1n) is 9.68. The predicted molar refractivity (Wildman–Crippen MR) is 116 cm³/mol. The van der Waals surface area contributed by atoms with Crippen LogP contribution in [-0.4, -0.2) is 30.2 Å². The molecule has 0 bridgehead atoms. The number of hydrogen-bond acceptors (Lipinski definition) is 3. The molecule has 0 fully saturated rings. The van der Waals surface area contributed by atoms with E-state index >= 15 is 0 Å². The van der Waals surface area contributed by atoms with E-state index in [1.165, 1.54) is 5.56 Å². The van der Waals surface area contributed by atoms with Gasteiger partial charge in [0.2, 0.25) is 5.91 Å². The number of Topliss-reactive ketones (excluding diaryl/α,β-unsaturated/α-hetero) is 1. The molecule has 0 aliphatic carbocycles. The van der Waals surface area contributed by atoms with Crippen LogP contribution in [0.5, 0.6) is 0 Å². The van der Waals surface area contributed by atoms with E-state index in [1.807, 2.05) is 39.6 Å². The lowest BCUT2D eigenvalue weighted by Crippen LogP contribution is -2.31. The maximum absolute atomic E-state index is 12.6. The van der Waals surface area contributed by atoms with Crippen LogP contribution in [0.4, 0.5) is 5.69 Å². The highest BCUT2D eigenvalue weighted by molar-refractivity contribution is 5.97. The number of benzene rings is 2. The van der Waals surface area contributed by atoms with E-state index in [0.717, 1.165) is 44.6 Å². The number of amides is 1. The SMILES string of the molecule is CC(=O)c1c(C)cc(C)c(CN(C)CC(=O)Nc2c(C)cc(C)cc2C)c1C. The molecule has 2 rings (SSSR count). The van der Waals surface area contributed by atoms with Crippen molar-refractivity contribution in [1.29, 1.82) is 0 Å². The summed E-state index contributed by atoms with van der Waals surface area (Å²) in [6, 6.07) is 6.22. The van der Waals surface area contributed by atoms with E-state index in [-0.39, 0.29) is 18.2 Å². The molecule has 0 saturated heterocycles. The zero-order chi connectivity index (χ0) is 21.2. The minimum absolute atomic E-state index is 0.0354. The predicted octanol–water partition coefficient (Wildman–Crippen LogP) is 4.81. The fourth-order valence-corrected chi connectivity index (χ4v) is 4.14. The number of ketones is 1. The third kappa shape index (κ3) is 4.87. The molecule has 150 valence electrons. The van der Waals surface area contributed by atoms with Crippen molar-refractivity contribution in [3.8, 4) is 0 Å². The fourth-order valence-electron chi connectivity index (χ4n) is 4.14. The second-order valence-corrected chi connectivity index (χ2v) is 8.04. The number of nitrogens with one attached hydrogen (secondary N) is 1. The number of hydrogen-bond donors (Lipinski definition) is 1. The summed E-state index contributed by atoms with van der Waals surface area (Å²) in [6.07, 6.45) is 0. The molecule has 0 heterocycles. The van der Waals surface area contributed by atoms with Crippen LogP contribution in [0.25, 0.3) is 0 Å². The van der Waals surface area contributed by atoms with Gasteiger partial charge < -0.3 is 5.32 Å². The molecular weight excluding hydrogens is 348 g/mol. The molecule has 0 atom stereocenters. The molecule has 0 aliphatic rings. The summed E-state index contributed by atoms with van der Waals surface area (Å²) in [5, 5.41) is 3.06. The van der Waals surface area contributed by atoms with Crippen molar-refractivity contribution in [1.82, 2.24) is 4.90 Å². The van der Waals surface area contributed by atoms with E-state index in [2.05, 4.69) is 37.4 Å². The highest BCUT2D eigenvalue weighted by Crippen LogP contribution is 2.24. The minimum Gasteiger partial charge on any atom is -0.324 e. The van der Waals surface area contributed by atoms with Crippen molar-refractivity contribution in [3.63, 3.8) is 0 Å². The summed E-state index contributed by atoms with van der Waals surface area (Å²) in [7, 11) is 1.93. The number of anilines is 1. The molecule has 0 spiro atoms. The quantitative estimate of drug-likeness (QED) is 0.732. The van der Waals surface area contributed by atoms with Gasteiger partial charge in [0.25, 0.3) is 0 Å². The van der Waals surface area contributed by atoms with Crippen LogP contribution in [0.1, 0.15) is 56.2 Å². The monoisotopic (exact) mass is 380 g/mol. The smallest absolute Gasteiger partial charge is 0.238 e. The molecule has 0 saturated carbocycles. The van der Waals surface area contributed by atoms with Crippen LogP contribution in [0.3, 0.4) is 0 Å². The fraction of sp³-hybridized carbons (Fsp3) is 0.417. The van der Waals surface area contributed by atoms with Crippen molar-refractivity contribution in [3.05, 3.63) is 62.7 Å². The number of carbonyl (C=O) groups is 2. The standard InChI is InChI=1S/C24H32N2O2/c1-14-9-17(4)24(18(5)10-14)25-22(28)13-26(8)12-21-15(2)11-16(3)23(19(21)6)20(7)27/h9-11H,12-13H2,1-8H3,(H,25,28). The number of rotatable bonds is 6. The summed E-state index contributed by atoms with van der Waals surface area (Å²) < 4.78 is 0. The van der Waals surface area contributed by atoms with Gasteiger partial charge in [-0.2, -0.15) is 0 Å². The second kappa shape index (κ2) is 8.70. The van der Waals surface area contributed by atoms with Crippen molar-refractivity contribution < 1.29 is 9.59 Å². The van der Waals surface area contributed by atoms with E-state index < -0.39 is 0 Å². The largest absolute Gasteiger partial charge is 0.324 e. The van der Waals surface area contributed by atoms with Crippen LogP contribution < -0.4 is 5.32 Å². The molecule has 0 unspecified atom stereocenters. The molecule has 2 aromatic rings. The Hall–Kier alpha value is -2.46. The third-order valence-electron chi connectivity index (χ3n) is 5.27. The maximum atomic E-state index is 12.6. The molecule has 1 N–H and O–H groups in total.